The lowest BCUT2D eigenvalue weighted by atomic mass is 10.2. The van der Waals surface area contributed by atoms with E-state index >= 15 is 0 Å². The minimum absolute atomic E-state index is 0.0532. The Labute approximate surface area is 160 Å². The van der Waals surface area contributed by atoms with E-state index in [1.807, 2.05) is 4.90 Å². The summed E-state index contributed by atoms with van der Waals surface area (Å²) in [5.74, 6) is 0.355. The van der Waals surface area contributed by atoms with Crippen LogP contribution in [0.4, 0.5) is 5.82 Å². The number of carbonyl (C=O) groups is 1. The number of anilines is 1. The maximum Gasteiger partial charge on any atom is 0.293 e. The smallest absolute Gasteiger partial charge is 0.293 e. The van der Waals surface area contributed by atoms with Gasteiger partial charge in [0, 0.05) is 50.0 Å². The fraction of sp³-hybridized carbons (Fsp3) is 0.263. The first-order valence-electron chi connectivity index (χ1n) is 8.65. The molecule has 3 aromatic rings. The molecule has 1 aliphatic rings. The van der Waals surface area contributed by atoms with E-state index in [0.717, 1.165) is 5.52 Å². The van der Waals surface area contributed by atoms with E-state index in [2.05, 4.69) is 9.97 Å². The number of amides is 1. The van der Waals surface area contributed by atoms with Gasteiger partial charge in [0.2, 0.25) is 0 Å². The molecule has 1 aromatic carbocycles. The van der Waals surface area contributed by atoms with Crippen LogP contribution in [0.3, 0.4) is 0 Å². The highest BCUT2D eigenvalue weighted by Crippen LogP contribution is 2.17. The summed E-state index contributed by atoms with van der Waals surface area (Å²) in [6.07, 6.45) is 3.29. The van der Waals surface area contributed by atoms with E-state index in [1.54, 1.807) is 59.2 Å². The molecule has 0 atom stereocenters. The quantitative estimate of drug-likeness (QED) is 0.676. The number of aromatic nitrogens is 3. The van der Waals surface area contributed by atoms with Crippen molar-refractivity contribution in [2.45, 2.75) is 0 Å². The highest BCUT2D eigenvalue weighted by molar-refractivity contribution is 6.30. The summed E-state index contributed by atoms with van der Waals surface area (Å²) in [5.41, 5.74) is 1.83. The molecule has 2 aromatic heterocycles. The van der Waals surface area contributed by atoms with Crippen LogP contribution in [0.1, 0.15) is 10.4 Å². The second kappa shape index (κ2) is 7.00. The fourth-order valence-electron chi connectivity index (χ4n) is 3.28. The zero-order chi connectivity index (χ0) is 19.0. The van der Waals surface area contributed by atoms with Crippen LogP contribution in [0, 0.1) is 0 Å². The zero-order valence-electron chi connectivity index (χ0n) is 14.8. The Kier molecular flexibility index (Phi) is 4.53. The molecule has 27 heavy (non-hydrogen) atoms. The largest absolute Gasteiger partial charge is 0.348 e. The van der Waals surface area contributed by atoms with Crippen LogP contribution >= 0.6 is 11.6 Å². The first-order chi connectivity index (χ1) is 13.0. The van der Waals surface area contributed by atoms with Crippen LogP contribution in [0.2, 0.25) is 5.02 Å². The van der Waals surface area contributed by atoms with Crippen molar-refractivity contribution in [2.75, 3.05) is 31.1 Å². The van der Waals surface area contributed by atoms with Crippen molar-refractivity contribution in [3.05, 3.63) is 63.7 Å². The molecule has 0 radical (unpaired) electrons. The molecule has 1 saturated heterocycles. The van der Waals surface area contributed by atoms with E-state index in [4.69, 9.17) is 11.6 Å². The van der Waals surface area contributed by atoms with Crippen LogP contribution in [-0.4, -0.2) is 51.5 Å². The number of nitrogens with zero attached hydrogens (tertiary/aromatic N) is 5. The number of benzene rings is 1. The topological polar surface area (TPSA) is 71.3 Å². The number of hydrogen-bond acceptors (Lipinski definition) is 5. The third kappa shape index (κ3) is 3.26. The summed E-state index contributed by atoms with van der Waals surface area (Å²) >= 11 is 5.98. The molecule has 0 spiro atoms. The molecule has 8 heteroatoms. The summed E-state index contributed by atoms with van der Waals surface area (Å²) in [5, 5.41) is 0.540. The molecule has 1 fully saturated rings. The number of halogens is 1. The van der Waals surface area contributed by atoms with E-state index in [1.165, 1.54) is 0 Å². The molecule has 3 heterocycles. The zero-order valence-corrected chi connectivity index (χ0v) is 15.6. The molecule has 7 nitrogen and oxygen atoms in total. The Hall–Kier alpha value is -2.93. The number of hydrogen-bond donors (Lipinski definition) is 0. The molecule has 0 bridgehead atoms. The second-order valence-electron chi connectivity index (χ2n) is 6.45. The van der Waals surface area contributed by atoms with Crippen molar-refractivity contribution in [3.63, 3.8) is 0 Å². The number of aryl methyl sites for hydroxylation is 1. The predicted octanol–water partition coefficient (Wildman–Crippen LogP) is 1.94. The Morgan fingerprint density at radius 1 is 1.15 bits per heavy atom. The summed E-state index contributed by atoms with van der Waals surface area (Å²) < 4.78 is 1.56. The Bertz CT molecular complexity index is 1070. The lowest BCUT2D eigenvalue weighted by Crippen LogP contribution is -2.50. The molecule has 1 aliphatic heterocycles. The van der Waals surface area contributed by atoms with Gasteiger partial charge >= 0.3 is 0 Å². The molecule has 138 valence electrons. The number of rotatable bonds is 2. The molecular formula is C19H18ClN5O2. The minimum Gasteiger partial charge on any atom is -0.348 e. The molecule has 0 unspecified atom stereocenters. The average molecular weight is 384 g/mol. The van der Waals surface area contributed by atoms with Crippen LogP contribution in [0.5, 0.6) is 0 Å². The second-order valence-corrected chi connectivity index (χ2v) is 6.89. The van der Waals surface area contributed by atoms with Crippen molar-refractivity contribution in [2.24, 2.45) is 7.05 Å². The van der Waals surface area contributed by atoms with Crippen LogP contribution < -0.4 is 10.5 Å². The van der Waals surface area contributed by atoms with Crippen LogP contribution in [0.25, 0.3) is 11.0 Å². The van der Waals surface area contributed by atoms with Gasteiger partial charge in [-0.25, -0.2) is 4.98 Å². The van der Waals surface area contributed by atoms with Gasteiger partial charge in [0.15, 0.2) is 5.82 Å². The summed E-state index contributed by atoms with van der Waals surface area (Å²) in [6.45, 7) is 2.13. The Morgan fingerprint density at radius 2 is 1.93 bits per heavy atom. The third-order valence-corrected chi connectivity index (χ3v) is 5.03. The van der Waals surface area contributed by atoms with Gasteiger partial charge < -0.3 is 14.4 Å². The van der Waals surface area contributed by atoms with Gasteiger partial charge in [0.05, 0.1) is 17.2 Å². The van der Waals surface area contributed by atoms with E-state index < -0.39 is 0 Å². The summed E-state index contributed by atoms with van der Waals surface area (Å²) in [7, 11) is 1.72. The molecule has 0 saturated carbocycles. The Balaban J connectivity index is 1.54. The molecule has 4 rings (SSSR count). The van der Waals surface area contributed by atoms with E-state index in [9.17, 15) is 9.59 Å². The maximum absolute atomic E-state index is 12.7. The lowest BCUT2D eigenvalue weighted by molar-refractivity contribution is 0.0746. The number of pyridine rings is 1. The van der Waals surface area contributed by atoms with Gasteiger partial charge in [-0.05, 0) is 24.3 Å². The van der Waals surface area contributed by atoms with Gasteiger partial charge in [-0.2, -0.15) is 0 Å². The summed E-state index contributed by atoms with van der Waals surface area (Å²) in [4.78, 5) is 37.6. The monoisotopic (exact) mass is 383 g/mol. The standard InChI is InChI=1S/C19H18ClN5O2/c1-23-16-12-21-6-5-15(16)22-17(19(23)27)24-7-9-25(10-8-24)18(26)13-3-2-4-14(20)11-13/h2-6,11-12H,7-10H2,1H3. The predicted molar refractivity (Wildman–Crippen MR) is 104 cm³/mol. The normalized spacial score (nSPS) is 14.6. The minimum atomic E-state index is -0.162. The highest BCUT2D eigenvalue weighted by atomic mass is 35.5. The lowest BCUT2D eigenvalue weighted by Gasteiger charge is -2.35. The SMILES string of the molecule is Cn1c(=O)c(N2CCN(C(=O)c3cccc(Cl)c3)CC2)nc2ccncc21. The van der Waals surface area contributed by atoms with Crippen LogP contribution in [-0.2, 0) is 7.05 Å². The van der Waals surface area contributed by atoms with Gasteiger partial charge in [0.25, 0.3) is 11.5 Å². The first-order valence-corrected chi connectivity index (χ1v) is 9.03. The van der Waals surface area contributed by atoms with E-state index in [-0.39, 0.29) is 11.5 Å². The van der Waals surface area contributed by atoms with Crippen molar-refractivity contribution in [1.82, 2.24) is 19.4 Å². The highest BCUT2D eigenvalue weighted by Gasteiger charge is 2.25. The van der Waals surface area contributed by atoms with Crippen molar-refractivity contribution in [3.8, 4) is 0 Å². The van der Waals surface area contributed by atoms with Crippen LogP contribution in [0.15, 0.2) is 47.5 Å². The van der Waals surface area contributed by atoms with Gasteiger partial charge in [0.1, 0.15) is 0 Å². The molecular weight excluding hydrogens is 366 g/mol. The molecule has 0 aliphatic carbocycles. The van der Waals surface area contributed by atoms with Gasteiger partial charge in [-0.3, -0.25) is 14.6 Å². The Morgan fingerprint density at radius 3 is 2.67 bits per heavy atom. The number of carbonyl (C=O) groups excluding carboxylic acids is 1. The third-order valence-electron chi connectivity index (χ3n) is 4.80. The first kappa shape index (κ1) is 17.5. The molecule has 0 N–H and O–H groups in total. The summed E-state index contributed by atoms with van der Waals surface area (Å²) in [6, 6.07) is 8.73. The average Bonchev–Trinajstić information content (AvgIpc) is 2.70. The fourth-order valence-corrected chi connectivity index (χ4v) is 3.47. The number of fused-ring (bicyclic) bond motifs is 1. The molecule has 1 amide bonds. The van der Waals surface area contributed by atoms with Crippen molar-refractivity contribution in [1.29, 1.82) is 0 Å². The van der Waals surface area contributed by atoms with Gasteiger partial charge in [-0.1, -0.05) is 17.7 Å². The maximum atomic E-state index is 12.7. The van der Waals surface area contributed by atoms with Crippen molar-refractivity contribution >= 4 is 34.4 Å². The van der Waals surface area contributed by atoms with Crippen molar-refractivity contribution < 1.29 is 4.79 Å². The van der Waals surface area contributed by atoms with Gasteiger partial charge in [-0.15, -0.1) is 0 Å². The van der Waals surface area contributed by atoms with E-state index in [0.29, 0.717) is 48.1 Å². The number of piperazine rings is 1.